The quantitative estimate of drug-likeness (QED) is 0.818. The highest BCUT2D eigenvalue weighted by atomic mass is 19.1. The van der Waals surface area contributed by atoms with Gasteiger partial charge in [0.15, 0.2) is 0 Å². The lowest BCUT2D eigenvalue weighted by atomic mass is 9.79. The van der Waals surface area contributed by atoms with Gasteiger partial charge in [-0.05, 0) is 38.0 Å². The van der Waals surface area contributed by atoms with Crippen LogP contribution in [-0.2, 0) is 15.1 Å². The van der Waals surface area contributed by atoms with Crippen LogP contribution in [0, 0.1) is 24.5 Å². The third-order valence-corrected chi connectivity index (χ3v) is 3.80. The predicted octanol–water partition coefficient (Wildman–Crippen LogP) is 3.46. The second-order valence-corrected chi connectivity index (χ2v) is 5.45. The molecule has 2 atom stereocenters. The SMILES string of the molecule is CCCCC(C(=O)OC)C(C)(O)c1cc(F)c(C)cc1F. The Morgan fingerprint density at radius 3 is 2.52 bits per heavy atom. The molecule has 2 unspecified atom stereocenters. The first-order valence-electron chi connectivity index (χ1n) is 7.02. The molecule has 0 bridgehead atoms. The van der Waals surface area contributed by atoms with E-state index in [1.54, 1.807) is 0 Å². The van der Waals surface area contributed by atoms with E-state index in [4.69, 9.17) is 4.74 Å². The summed E-state index contributed by atoms with van der Waals surface area (Å²) in [7, 11) is 1.21. The Labute approximate surface area is 123 Å². The Balaban J connectivity index is 3.27. The number of hydrogen-bond donors (Lipinski definition) is 1. The van der Waals surface area contributed by atoms with Gasteiger partial charge in [-0.3, -0.25) is 4.79 Å². The third kappa shape index (κ3) is 3.79. The first-order chi connectivity index (χ1) is 9.75. The van der Waals surface area contributed by atoms with Gasteiger partial charge >= 0.3 is 5.97 Å². The summed E-state index contributed by atoms with van der Waals surface area (Å²) in [5.74, 6) is -2.93. The number of benzene rings is 1. The Morgan fingerprint density at radius 2 is 2.00 bits per heavy atom. The van der Waals surface area contributed by atoms with Crippen molar-refractivity contribution in [1.29, 1.82) is 0 Å². The Morgan fingerprint density at radius 1 is 1.38 bits per heavy atom. The first kappa shape index (κ1) is 17.6. The van der Waals surface area contributed by atoms with Gasteiger partial charge in [0.1, 0.15) is 17.2 Å². The van der Waals surface area contributed by atoms with Gasteiger partial charge in [-0.25, -0.2) is 8.78 Å². The number of carbonyl (C=O) groups is 1. The molecular formula is C16H22F2O3. The number of hydrogen-bond acceptors (Lipinski definition) is 3. The van der Waals surface area contributed by atoms with Crippen LogP contribution < -0.4 is 0 Å². The molecule has 1 N–H and O–H groups in total. The molecule has 0 radical (unpaired) electrons. The van der Waals surface area contributed by atoms with Crippen LogP contribution in [0.5, 0.6) is 0 Å². The van der Waals surface area contributed by atoms with Gasteiger partial charge < -0.3 is 9.84 Å². The van der Waals surface area contributed by atoms with E-state index in [0.29, 0.717) is 12.8 Å². The van der Waals surface area contributed by atoms with Crippen LogP contribution in [0.15, 0.2) is 12.1 Å². The molecule has 0 aliphatic carbocycles. The zero-order valence-electron chi connectivity index (χ0n) is 12.9. The predicted molar refractivity (Wildman–Crippen MR) is 75.7 cm³/mol. The number of halogens is 2. The summed E-state index contributed by atoms with van der Waals surface area (Å²) in [4.78, 5) is 11.9. The molecule has 0 aliphatic heterocycles. The van der Waals surface area contributed by atoms with Crippen molar-refractivity contribution in [3.05, 3.63) is 34.9 Å². The number of methoxy groups -OCH3 is 1. The lowest BCUT2D eigenvalue weighted by molar-refractivity contribution is -0.156. The molecular weight excluding hydrogens is 278 g/mol. The molecule has 1 aromatic rings. The molecule has 0 spiro atoms. The van der Waals surface area contributed by atoms with Crippen molar-refractivity contribution < 1.29 is 23.4 Å². The average Bonchev–Trinajstić information content (AvgIpc) is 2.42. The van der Waals surface area contributed by atoms with Gasteiger partial charge in [-0.1, -0.05) is 19.8 Å². The topological polar surface area (TPSA) is 46.5 Å². The summed E-state index contributed by atoms with van der Waals surface area (Å²) in [6.07, 6.45) is 1.82. The minimum atomic E-state index is -1.83. The molecule has 1 rings (SSSR count). The van der Waals surface area contributed by atoms with Gasteiger partial charge in [0.05, 0.1) is 13.0 Å². The van der Waals surface area contributed by atoms with E-state index >= 15 is 0 Å². The van der Waals surface area contributed by atoms with Crippen LogP contribution in [0.3, 0.4) is 0 Å². The molecule has 21 heavy (non-hydrogen) atoms. The zero-order chi connectivity index (χ0) is 16.2. The first-order valence-corrected chi connectivity index (χ1v) is 7.02. The van der Waals surface area contributed by atoms with Gasteiger partial charge in [-0.15, -0.1) is 0 Å². The van der Waals surface area contributed by atoms with Crippen molar-refractivity contribution in [3.8, 4) is 0 Å². The maximum Gasteiger partial charge on any atom is 0.311 e. The molecule has 0 aromatic heterocycles. The molecule has 118 valence electrons. The van der Waals surface area contributed by atoms with Crippen LogP contribution in [0.4, 0.5) is 8.78 Å². The number of aryl methyl sites for hydroxylation is 1. The van der Waals surface area contributed by atoms with Crippen LogP contribution in [-0.4, -0.2) is 18.2 Å². The highest BCUT2D eigenvalue weighted by Crippen LogP contribution is 2.36. The van der Waals surface area contributed by atoms with E-state index in [0.717, 1.165) is 18.6 Å². The van der Waals surface area contributed by atoms with Crippen molar-refractivity contribution in [2.24, 2.45) is 5.92 Å². The maximum absolute atomic E-state index is 14.1. The Bertz CT molecular complexity index is 512. The number of unbranched alkanes of at least 4 members (excludes halogenated alkanes) is 1. The van der Waals surface area contributed by atoms with Crippen LogP contribution in [0.1, 0.15) is 44.2 Å². The molecule has 0 saturated heterocycles. The second kappa shape index (κ2) is 6.98. The summed E-state index contributed by atoms with van der Waals surface area (Å²) < 4.78 is 32.5. The minimum absolute atomic E-state index is 0.148. The smallest absolute Gasteiger partial charge is 0.311 e. The van der Waals surface area contributed by atoms with Crippen LogP contribution in [0.25, 0.3) is 0 Å². The van der Waals surface area contributed by atoms with E-state index in [9.17, 15) is 18.7 Å². The standard InChI is InChI=1S/C16H22F2O3/c1-5-6-7-11(15(19)21-4)16(3,20)12-9-13(17)10(2)8-14(12)18/h8-9,11,20H,5-7H2,1-4H3. The molecule has 5 heteroatoms. The molecule has 0 fully saturated rings. The maximum atomic E-state index is 14.1. The molecule has 0 heterocycles. The highest BCUT2D eigenvalue weighted by molar-refractivity contribution is 5.74. The Hall–Kier alpha value is -1.49. The van der Waals surface area contributed by atoms with E-state index in [-0.39, 0.29) is 11.1 Å². The summed E-state index contributed by atoms with van der Waals surface area (Å²) in [5, 5.41) is 10.7. The van der Waals surface area contributed by atoms with E-state index in [2.05, 4.69) is 0 Å². The lowest BCUT2D eigenvalue weighted by Gasteiger charge is -2.32. The number of esters is 1. The van der Waals surface area contributed by atoms with Crippen molar-refractivity contribution in [2.75, 3.05) is 7.11 Å². The van der Waals surface area contributed by atoms with Crippen molar-refractivity contribution in [1.82, 2.24) is 0 Å². The summed E-state index contributed by atoms with van der Waals surface area (Å²) in [6.45, 7) is 4.69. The summed E-state index contributed by atoms with van der Waals surface area (Å²) in [5.41, 5.74) is -1.91. The number of aliphatic hydroxyl groups is 1. The van der Waals surface area contributed by atoms with E-state index < -0.39 is 29.1 Å². The van der Waals surface area contributed by atoms with Gasteiger partial charge in [-0.2, -0.15) is 0 Å². The van der Waals surface area contributed by atoms with Crippen LogP contribution >= 0.6 is 0 Å². The third-order valence-electron chi connectivity index (χ3n) is 3.80. The van der Waals surface area contributed by atoms with Gasteiger partial charge in [0.25, 0.3) is 0 Å². The van der Waals surface area contributed by atoms with Gasteiger partial charge in [0, 0.05) is 5.56 Å². The Kier molecular flexibility index (Phi) is 5.84. The number of carbonyl (C=O) groups excluding carboxylic acids is 1. The van der Waals surface area contributed by atoms with Crippen molar-refractivity contribution in [3.63, 3.8) is 0 Å². The highest BCUT2D eigenvalue weighted by Gasteiger charge is 2.41. The van der Waals surface area contributed by atoms with Gasteiger partial charge in [0.2, 0.25) is 0 Å². The lowest BCUT2D eigenvalue weighted by Crippen LogP contribution is -2.39. The normalized spacial score (nSPS) is 15.4. The summed E-state index contributed by atoms with van der Waals surface area (Å²) >= 11 is 0. The largest absolute Gasteiger partial charge is 0.469 e. The molecule has 0 amide bonds. The number of rotatable bonds is 6. The minimum Gasteiger partial charge on any atom is -0.469 e. The fourth-order valence-electron chi connectivity index (χ4n) is 2.40. The van der Waals surface area contributed by atoms with Crippen LogP contribution in [0.2, 0.25) is 0 Å². The fraction of sp³-hybridized carbons (Fsp3) is 0.562. The monoisotopic (exact) mass is 300 g/mol. The average molecular weight is 300 g/mol. The van der Waals surface area contributed by atoms with E-state index in [1.165, 1.54) is 21.0 Å². The molecule has 1 aromatic carbocycles. The molecule has 0 saturated carbocycles. The van der Waals surface area contributed by atoms with E-state index in [1.807, 2.05) is 6.92 Å². The summed E-state index contributed by atoms with van der Waals surface area (Å²) in [6, 6.07) is 1.97. The van der Waals surface area contributed by atoms with Crippen molar-refractivity contribution in [2.45, 2.75) is 45.6 Å². The molecule has 3 nitrogen and oxygen atoms in total. The fourth-order valence-corrected chi connectivity index (χ4v) is 2.40. The number of ether oxygens (including phenoxy) is 1. The second-order valence-electron chi connectivity index (χ2n) is 5.45. The van der Waals surface area contributed by atoms with Crippen molar-refractivity contribution >= 4 is 5.97 Å². The molecule has 0 aliphatic rings. The zero-order valence-corrected chi connectivity index (χ0v) is 12.9.